The molecule has 104 valence electrons. The molecule has 0 spiro atoms. The molecule has 0 aromatic heterocycles. The standard InChI is InChI=1S/C17H13NO3/c19-15-11-21-16-9-5-4-8-13(16)17(20)14(15)10-18-12-6-2-1-3-7-12/h1-10,18H,11H2/b14-10-. The Balaban J connectivity index is 1.93. The summed E-state index contributed by atoms with van der Waals surface area (Å²) >= 11 is 0. The zero-order valence-corrected chi connectivity index (χ0v) is 11.2. The number of hydrogen-bond acceptors (Lipinski definition) is 4. The second-order valence-electron chi connectivity index (χ2n) is 4.61. The molecular weight excluding hydrogens is 266 g/mol. The van der Waals surface area contributed by atoms with Gasteiger partial charge in [-0.25, -0.2) is 0 Å². The summed E-state index contributed by atoms with van der Waals surface area (Å²) in [7, 11) is 0. The molecule has 0 fully saturated rings. The van der Waals surface area contributed by atoms with Gasteiger partial charge in [-0.1, -0.05) is 30.3 Å². The van der Waals surface area contributed by atoms with Gasteiger partial charge in [-0.3, -0.25) is 9.59 Å². The van der Waals surface area contributed by atoms with E-state index in [1.54, 1.807) is 24.3 Å². The minimum atomic E-state index is -0.334. The smallest absolute Gasteiger partial charge is 0.205 e. The van der Waals surface area contributed by atoms with E-state index < -0.39 is 0 Å². The fourth-order valence-electron chi connectivity index (χ4n) is 2.11. The average molecular weight is 279 g/mol. The van der Waals surface area contributed by atoms with Crippen LogP contribution in [0.1, 0.15) is 10.4 Å². The Kier molecular flexibility index (Phi) is 3.51. The van der Waals surface area contributed by atoms with Gasteiger partial charge in [0.15, 0.2) is 6.61 Å². The van der Waals surface area contributed by atoms with Crippen molar-refractivity contribution in [2.24, 2.45) is 0 Å². The number of fused-ring (bicyclic) bond motifs is 1. The largest absolute Gasteiger partial charge is 0.485 e. The van der Waals surface area contributed by atoms with Crippen LogP contribution >= 0.6 is 0 Å². The van der Waals surface area contributed by atoms with Crippen LogP contribution in [0, 0.1) is 0 Å². The SMILES string of the molecule is O=C1COc2ccccc2C(=O)/C1=C\Nc1ccccc1. The maximum atomic E-state index is 12.5. The Hall–Kier alpha value is -2.88. The molecular formula is C17H13NO3. The molecule has 2 aromatic rings. The number of nitrogens with one attached hydrogen (secondary N) is 1. The van der Waals surface area contributed by atoms with Crippen LogP contribution in [0.15, 0.2) is 66.4 Å². The second-order valence-corrected chi connectivity index (χ2v) is 4.61. The summed E-state index contributed by atoms with van der Waals surface area (Å²) in [5.41, 5.74) is 1.32. The van der Waals surface area contributed by atoms with Gasteiger partial charge in [0.2, 0.25) is 11.6 Å². The molecule has 0 unspecified atom stereocenters. The van der Waals surface area contributed by atoms with Crippen LogP contribution in [0.2, 0.25) is 0 Å². The Bertz CT molecular complexity index is 720. The molecule has 1 aliphatic rings. The number of carbonyl (C=O) groups is 2. The maximum Gasteiger partial charge on any atom is 0.205 e. The third-order valence-electron chi connectivity index (χ3n) is 3.19. The number of ketones is 2. The highest BCUT2D eigenvalue weighted by Gasteiger charge is 2.26. The molecule has 0 bridgehead atoms. The highest BCUT2D eigenvalue weighted by molar-refractivity contribution is 6.28. The number of ether oxygens (including phenoxy) is 1. The van der Waals surface area contributed by atoms with Gasteiger partial charge in [0, 0.05) is 11.9 Å². The van der Waals surface area contributed by atoms with Gasteiger partial charge in [-0.05, 0) is 24.3 Å². The predicted molar refractivity (Wildman–Crippen MR) is 79.4 cm³/mol. The van der Waals surface area contributed by atoms with Gasteiger partial charge in [-0.15, -0.1) is 0 Å². The minimum Gasteiger partial charge on any atom is -0.485 e. The van der Waals surface area contributed by atoms with Crippen molar-refractivity contribution in [2.75, 3.05) is 11.9 Å². The summed E-state index contributed by atoms with van der Waals surface area (Å²) in [5.74, 6) is -0.213. The van der Waals surface area contributed by atoms with Gasteiger partial charge in [0.25, 0.3) is 0 Å². The number of rotatable bonds is 2. The second kappa shape index (κ2) is 5.63. The van der Waals surface area contributed by atoms with Crippen LogP contribution < -0.4 is 10.1 Å². The zero-order chi connectivity index (χ0) is 14.7. The number of benzene rings is 2. The fraction of sp³-hybridized carbons (Fsp3) is 0.0588. The highest BCUT2D eigenvalue weighted by atomic mass is 16.5. The third kappa shape index (κ3) is 2.69. The first-order valence-electron chi connectivity index (χ1n) is 6.57. The Labute approximate surface area is 122 Å². The third-order valence-corrected chi connectivity index (χ3v) is 3.19. The van der Waals surface area contributed by atoms with Crippen molar-refractivity contribution in [2.45, 2.75) is 0 Å². The van der Waals surface area contributed by atoms with Crippen molar-refractivity contribution in [1.29, 1.82) is 0 Å². The average Bonchev–Trinajstić information content (AvgIpc) is 2.65. The van der Waals surface area contributed by atoms with Crippen LogP contribution in [-0.4, -0.2) is 18.2 Å². The van der Waals surface area contributed by atoms with Crippen LogP contribution in [0.3, 0.4) is 0 Å². The summed E-state index contributed by atoms with van der Waals surface area (Å²) < 4.78 is 5.37. The van der Waals surface area contributed by atoms with Crippen LogP contribution in [0.4, 0.5) is 5.69 Å². The van der Waals surface area contributed by atoms with Crippen LogP contribution in [0.25, 0.3) is 0 Å². The van der Waals surface area contributed by atoms with E-state index in [1.807, 2.05) is 30.3 Å². The minimum absolute atomic E-state index is 0.101. The van der Waals surface area contributed by atoms with Crippen molar-refractivity contribution in [3.63, 3.8) is 0 Å². The monoisotopic (exact) mass is 279 g/mol. The molecule has 1 N–H and O–H groups in total. The summed E-state index contributed by atoms with van der Waals surface area (Å²) in [4.78, 5) is 24.5. The molecule has 0 amide bonds. The molecule has 0 atom stereocenters. The molecule has 4 nitrogen and oxygen atoms in total. The maximum absolute atomic E-state index is 12.5. The lowest BCUT2D eigenvalue weighted by Crippen LogP contribution is -2.16. The van der Waals surface area contributed by atoms with E-state index in [9.17, 15) is 9.59 Å². The van der Waals surface area contributed by atoms with E-state index in [1.165, 1.54) is 6.20 Å². The normalized spacial score (nSPS) is 16.1. The number of hydrogen-bond donors (Lipinski definition) is 1. The number of Topliss-reactive ketones (excluding diaryl/α,β-unsaturated/α-hetero) is 2. The number of anilines is 1. The first-order valence-corrected chi connectivity index (χ1v) is 6.57. The summed E-state index contributed by atoms with van der Waals surface area (Å²) in [6, 6.07) is 16.2. The van der Waals surface area contributed by atoms with E-state index in [0.29, 0.717) is 11.3 Å². The summed E-state index contributed by atoms with van der Waals surface area (Å²) in [5, 5.41) is 2.97. The van der Waals surface area contributed by atoms with Crippen molar-refractivity contribution in [1.82, 2.24) is 0 Å². The molecule has 0 radical (unpaired) electrons. The van der Waals surface area contributed by atoms with Crippen LogP contribution in [0.5, 0.6) is 5.75 Å². The first kappa shape index (κ1) is 13.1. The Morgan fingerprint density at radius 1 is 0.952 bits per heavy atom. The quantitative estimate of drug-likeness (QED) is 0.678. The first-order chi connectivity index (χ1) is 10.3. The lowest BCUT2D eigenvalue weighted by molar-refractivity contribution is -0.117. The number of para-hydroxylation sites is 2. The predicted octanol–water partition coefficient (Wildman–Crippen LogP) is 2.83. The molecule has 3 rings (SSSR count). The Morgan fingerprint density at radius 3 is 2.48 bits per heavy atom. The van der Waals surface area contributed by atoms with Crippen molar-refractivity contribution < 1.29 is 14.3 Å². The molecule has 4 heteroatoms. The van der Waals surface area contributed by atoms with Crippen LogP contribution in [-0.2, 0) is 4.79 Å². The topological polar surface area (TPSA) is 55.4 Å². The zero-order valence-electron chi connectivity index (χ0n) is 11.2. The van der Waals surface area contributed by atoms with Crippen molar-refractivity contribution in [3.8, 4) is 5.75 Å². The molecule has 0 aliphatic carbocycles. The van der Waals surface area contributed by atoms with Gasteiger partial charge in [-0.2, -0.15) is 0 Å². The fourth-order valence-corrected chi connectivity index (χ4v) is 2.11. The van der Waals surface area contributed by atoms with Gasteiger partial charge in [0.1, 0.15) is 5.75 Å². The summed E-state index contributed by atoms with van der Waals surface area (Å²) in [6.07, 6.45) is 1.45. The molecule has 1 heterocycles. The summed E-state index contributed by atoms with van der Waals surface area (Å²) in [6.45, 7) is -0.134. The van der Waals surface area contributed by atoms with Gasteiger partial charge < -0.3 is 10.1 Å². The molecule has 0 saturated carbocycles. The van der Waals surface area contributed by atoms with E-state index in [4.69, 9.17) is 4.74 Å². The number of carbonyl (C=O) groups excluding carboxylic acids is 2. The Morgan fingerprint density at radius 2 is 1.67 bits per heavy atom. The lowest BCUT2D eigenvalue weighted by atomic mass is 10.0. The molecule has 2 aromatic carbocycles. The van der Waals surface area contributed by atoms with Crippen molar-refractivity contribution >= 4 is 17.3 Å². The van der Waals surface area contributed by atoms with E-state index >= 15 is 0 Å². The van der Waals surface area contributed by atoms with E-state index in [-0.39, 0.29) is 23.7 Å². The molecule has 0 saturated heterocycles. The molecule has 21 heavy (non-hydrogen) atoms. The van der Waals surface area contributed by atoms with Gasteiger partial charge in [0.05, 0.1) is 11.1 Å². The van der Waals surface area contributed by atoms with E-state index in [2.05, 4.69) is 5.32 Å². The van der Waals surface area contributed by atoms with Gasteiger partial charge >= 0.3 is 0 Å². The highest BCUT2D eigenvalue weighted by Crippen LogP contribution is 2.25. The van der Waals surface area contributed by atoms with E-state index in [0.717, 1.165) is 5.69 Å². The van der Waals surface area contributed by atoms with Crippen molar-refractivity contribution in [3.05, 3.63) is 71.9 Å². The lowest BCUT2D eigenvalue weighted by Gasteiger charge is -2.04. The molecule has 1 aliphatic heterocycles.